The van der Waals surface area contributed by atoms with Gasteiger partial charge in [-0.25, -0.2) is 0 Å². The maximum atomic E-state index is 12.6. The predicted molar refractivity (Wildman–Crippen MR) is 92.3 cm³/mol. The molecule has 4 heteroatoms. The van der Waals surface area contributed by atoms with Gasteiger partial charge in [0.05, 0.1) is 0 Å². The van der Waals surface area contributed by atoms with Crippen LogP contribution in [-0.4, -0.2) is 36.5 Å². The van der Waals surface area contributed by atoms with Crippen LogP contribution in [0.3, 0.4) is 0 Å². The second kappa shape index (κ2) is 8.96. The number of ether oxygens (including phenoxy) is 1. The SMILES string of the molecule is CC(Oc1ccccc1)C(=O)N(CCN)CCc1ccccc1. The summed E-state index contributed by atoms with van der Waals surface area (Å²) in [4.78, 5) is 14.4. The molecule has 0 aliphatic carbocycles. The third-order valence-electron chi connectivity index (χ3n) is 3.63. The van der Waals surface area contributed by atoms with Gasteiger partial charge in [-0.3, -0.25) is 4.79 Å². The van der Waals surface area contributed by atoms with Crippen molar-refractivity contribution in [2.75, 3.05) is 19.6 Å². The predicted octanol–water partition coefficient (Wildman–Crippen LogP) is 2.48. The molecule has 1 atom stereocenters. The maximum Gasteiger partial charge on any atom is 0.263 e. The molecule has 0 spiro atoms. The van der Waals surface area contributed by atoms with Gasteiger partial charge in [-0.2, -0.15) is 0 Å². The molecule has 2 aromatic carbocycles. The number of hydrogen-bond acceptors (Lipinski definition) is 3. The molecule has 0 aliphatic rings. The lowest BCUT2D eigenvalue weighted by molar-refractivity contribution is -0.137. The standard InChI is InChI=1S/C19H24N2O2/c1-16(23-18-10-6-3-7-11-18)19(22)21(15-13-20)14-12-17-8-4-2-5-9-17/h2-11,16H,12-15,20H2,1H3. The Bertz CT molecular complexity index is 587. The van der Waals surface area contributed by atoms with Crippen molar-refractivity contribution in [2.45, 2.75) is 19.4 Å². The summed E-state index contributed by atoms with van der Waals surface area (Å²) in [6, 6.07) is 19.5. The molecule has 0 bridgehead atoms. The van der Waals surface area contributed by atoms with E-state index in [0.29, 0.717) is 25.4 Å². The highest BCUT2D eigenvalue weighted by Gasteiger charge is 2.21. The zero-order chi connectivity index (χ0) is 16.5. The lowest BCUT2D eigenvalue weighted by Crippen LogP contribution is -2.43. The molecule has 2 aromatic rings. The molecule has 0 fully saturated rings. The second-order valence-electron chi connectivity index (χ2n) is 5.42. The van der Waals surface area contributed by atoms with E-state index in [2.05, 4.69) is 12.1 Å². The fourth-order valence-corrected chi connectivity index (χ4v) is 2.41. The minimum absolute atomic E-state index is 0.0322. The normalized spacial score (nSPS) is 11.7. The van der Waals surface area contributed by atoms with Crippen molar-refractivity contribution in [3.8, 4) is 5.75 Å². The Kier molecular flexibility index (Phi) is 6.63. The Balaban J connectivity index is 1.94. The lowest BCUT2D eigenvalue weighted by Gasteiger charge is -2.25. The molecule has 122 valence electrons. The number of carbonyl (C=O) groups is 1. The van der Waals surface area contributed by atoms with Gasteiger partial charge in [0.15, 0.2) is 6.10 Å². The Morgan fingerprint density at radius 2 is 1.65 bits per heavy atom. The molecule has 1 amide bonds. The average molecular weight is 312 g/mol. The van der Waals surface area contributed by atoms with Crippen LogP contribution in [-0.2, 0) is 11.2 Å². The Labute approximate surface area is 137 Å². The largest absolute Gasteiger partial charge is 0.481 e. The quantitative estimate of drug-likeness (QED) is 0.815. The number of nitrogens with two attached hydrogens (primary N) is 1. The van der Waals surface area contributed by atoms with E-state index in [4.69, 9.17) is 10.5 Å². The van der Waals surface area contributed by atoms with Crippen LogP contribution >= 0.6 is 0 Å². The summed E-state index contributed by atoms with van der Waals surface area (Å²) in [5, 5.41) is 0. The van der Waals surface area contributed by atoms with Gasteiger partial charge in [-0.15, -0.1) is 0 Å². The van der Waals surface area contributed by atoms with Crippen molar-refractivity contribution in [1.29, 1.82) is 0 Å². The third-order valence-corrected chi connectivity index (χ3v) is 3.63. The van der Waals surface area contributed by atoms with Crippen LogP contribution in [0.1, 0.15) is 12.5 Å². The summed E-state index contributed by atoms with van der Waals surface area (Å²) >= 11 is 0. The summed E-state index contributed by atoms with van der Waals surface area (Å²) in [6.07, 6.45) is 0.282. The van der Waals surface area contributed by atoms with Crippen molar-refractivity contribution in [3.05, 3.63) is 66.2 Å². The van der Waals surface area contributed by atoms with Crippen molar-refractivity contribution >= 4 is 5.91 Å². The molecule has 2 N–H and O–H groups in total. The van der Waals surface area contributed by atoms with E-state index in [9.17, 15) is 4.79 Å². The van der Waals surface area contributed by atoms with Crippen LogP contribution in [0.2, 0.25) is 0 Å². The molecular weight excluding hydrogens is 288 g/mol. The van der Waals surface area contributed by atoms with Gasteiger partial charge in [0.1, 0.15) is 5.75 Å². The van der Waals surface area contributed by atoms with E-state index in [1.54, 1.807) is 11.8 Å². The number of para-hydroxylation sites is 1. The van der Waals surface area contributed by atoms with Crippen molar-refractivity contribution in [3.63, 3.8) is 0 Å². The molecule has 2 rings (SSSR count). The number of amides is 1. The van der Waals surface area contributed by atoms with Crippen LogP contribution in [0.5, 0.6) is 5.75 Å². The first kappa shape index (κ1) is 17.0. The van der Waals surface area contributed by atoms with E-state index in [1.807, 2.05) is 48.5 Å². The lowest BCUT2D eigenvalue weighted by atomic mass is 10.1. The van der Waals surface area contributed by atoms with Gasteiger partial charge in [0, 0.05) is 19.6 Å². The molecule has 0 aliphatic heterocycles. The van der Waals surface area contributed by atoms with Crippen LogP contribution in [0, 0.1) is 0 Å². The number of nitrogens with zero attached hydrogens (tertiary/aromatic N) is 1. The fourth-order valence-electron chi connectivity index (χ4n) is 2.41. The van der Waals surface area contributed by atoms with Gasteiger partial charge in [0.25, 0.3) is 5.91 Å². The molecule has 1 unspecified atom stereocenters. The van der Waals surface area contributed by atoms with Gasteiger partial charge in [-0.1, -0.05) is 48.5 Å². The molecule has 0 aromatic heterocycles. The zero-order valence-electron chi connectivity index (χ0n) is 13.5. The highest BCUT2D eigenvalue weighted by Crippen LogP contribution is 2.12. The van der Waals surface area contributed by atoms with Crippen LogP contribution in [0.4, 0.5) is 0 Å². The van der Waals surface area contributed by atoms with Crippen LogP contribution in [0.25, 0.3) is 0 Å². The average Bonchev–Trinajstić information content (AvgIpc) is 2.59. The number of hydrogen-bond donors (Lipinski definition) is 1. The number of carbonyl (C=O) groups excluding carboxylic acids is 1. The molecule has 0 saturated heterocycles. The monoisotopic (exact) mass is 312 g/mol. The molecular formula is C19H24N2O2. The number of benzene rings is 2. The maximum absolute atomic E-state index is 12.6. The molecule has 0 saturated carbocycles. The minimum Gasteiger partial charge on any atom is -0.481 e. The summed E-state index contributed by atoms with van der Waals surface area (Å²) < 4.78 is 5.72. The van der Waals surface area contributed by atoms with Crippen LogP contribution in [0.15, 0.2) is 60.7 Å². The van der Waals surface area contributed by atoms with Crippen LogP contribution < -0.4 is 10.5 Å². The van der Waals surface area contributed by atoms with Gasteiger partial charge in [0.2, 0.25) is 0 Å². The first-order chi connectivity index (χ1) is 11.2. The van der Waals surface area contributed by atoms with E-state index < -0.39 is 6.10 Å². The van der Waals surface area contributed by atoms with Gasteiger partial charge >= 0.3 is 0 Å². The highest BCUT2D eigenvalue weighted by atomic mass is 16.5. The smallest absolute Gasteiger partial charge is 0.263 e. The fraction of sp³-hybridized carbons (Fsp3) is 0.316. The highest BCUT2D eigenvalue weighted by molar-refractivity contribution is 5.81. The first-order valence-electron chi connectivity index (χ1n) is 7.95. The Morgan fingerprint density at radius 3 is 2.26 bits per heavy atom. The van der Waals surface area contributed by atoms with Crippen molar-refractivity contribution < 1.29 is 9.53 Å². The third kappa shape index (κ3) is 5.42. The van der Waals surface area contributed by atoms with E-state index in [1.165, 1.54) is 5.56 Å². The molecule has 0 heterocycles. The van der Waals surface area contributed by atoms with Crippen molar-refractivity contribution in [1.82, 2.24) is 4.90 Å². The molecule has 0 radical (unpaired) electrons. The summed E-state index contributed by atoms with van der Waals surface area (Å²) in [6.45, 7) is 3.40. The molecule has 4 nitrogen and oxygen atoms in total. The summed E-state index contributed by atoms with van der Waals surface area (Å²) in [7, 11) is 0. The second-order valence-corrected chi connectivity index (χ2v) is 5.42. The zero-order valence-corrected chi connectivity index (χ0v) is 13.5. The Morgan fingerprint density at radius 1 is 1.04 bits per heavy atom. The minimum atomic E-state index is -0.528. The Hall–Kier alpha value is -2.33. The first-order valence-corrected chi connectivity index (χ1v) is 7.95. The summed E-state index contributed by atoms with van der Waals surface area (Å²) in [5.41, 5.74) is 6.86. The molecule has 23 heavy (non-hydrogen) atoms. The van der Waals surface area contributed by atoms with E-state index >= 15 is 0 Å². The van der Waals surface area contributed by atoms with Gasteiger partial charge in [-0.05, 0) is 31.0 Å². The summed E-state index contributed by atoms with van der Waals surface area (Å²) in [5.74, 6) is 0.666. The number of rotatable bonds is 8. The van der Waals surface area contributed by atoms with E-state index in [0.717, 1.165) is 6.42 Å². The van der Waals surface area contributed by atoms with Gasteiger partial charge < -0.3 is 15.4 Å². The topological polar surface area (TPSA) is 55.6 Å². The van der Waals surface area contributed by atoms with Crippen molar-refractivity contribution in [2.24, 2.45) is 5.73 Å². The van der Waals surface area contributed by atoms with E-state index in [-0.39, 0.29) is 5.91 Å².